The number of rotatable bonds is 3. The van der Waals surface area contributed by atoms with Crippen molar-refractivity contribution in [3.63, 3.8) is 0 Å². The third-order valence-electron chi connectivity index (χ3n) is 4.72. The molecule has 4 nitrogen and oxygen atoms in total. The van der Waals surface area contributed by atoms with Crippen molar-refractivity contribution in [1.29, 1.82) is 0 Å². The van der Waals surface area contributed by atoms with E-state index in [4.69, 9.17) is 5.73 Å². The number of amides is 1. The topological polar surface area (TPSA) is 49.6 Å². The van der Waals surface area contributed by atoms with E-state index in [1.165, 1.54) is 12.1 Å². The van der Waals surface area contributed by atoms with Gasteiger partial charge in [-0.1, -0.05) is 12.1 Å². The molecule has 0 aliphatic carbocycles. The highest BCUT2D eigenvalue weighted by Gasteiger charge is 2.34. The lowest BCUT2D eigenvalue weighted by molar-refractivity contribution is -0.137. The molecule has 1 aromatic rings. The summed E-state index contributed by atoms with van der Waals surface area (Å²) >= 11 is 0. The maximum Gasteiger partial charge on any atom is 0.239 e. The van der Waals surface area contributed by atoms with Gasteiger partial charge in [0.2, 0.25) is 5.91 Å². The van der Waals surface area contributed by atoms with Crippen LogP contribution in [0.2, 0.25) is 0 Å². The van der Waals surface area contributed by atoms with Crippen LogP contribution < -0.4 is 5.73 Å². The Labute approximate surface area is 131 Å². The molecule has 2 atom stereocenters. The Balaban J connectivity index is 1.64. The summed E-state index contributed by atoms with van der Waals surface area (Å²) in [6.45, 7) is 3.14. The van der Waals surface area contributed by atoms with E-state index in [-0.39, 0.29) is 23.8 Å². The van der Waals surface area contributed by atoms with Crippen molar-refractivity contribution in [2.45, 2.75) is 44.3 Å². The average Bonchev–Trinajstić information content (AvgIpc) is 2.97. The first kappa shape index (κ1) is 15.4. The predicted octanol–water partition coefficient (Wildman–Crippen LogP) is 1.74. The molecule has 22 heavy (non-hydrogen) atoms. The smallest absolute Gasteiger partial charge is 0.239 e. The lowest BCUT2D eigenvalue weighted by atomic mass is 10.0. The third-order valence-corrected chi connectivity index (χ3v) is 4.72. The Morgan fingerprint density at radius 2 is 1.91 bits per heavy atom. The molecule has 0 bridgehead atoms. The van der Waals surface area contributed by atoms with E-state index in [0.29, 0.717) is 13.1 Å². The highest BCUT2D eigenvalue weighted by molar-refractivity contribution is 5.82. The van der Waals surface area contributed by atoms with Crippen molar-refractivity contribution in [1.82, 2.24) is 9.80 Å². The second kappa shape index (κ2) is 6.75. The van der Waals surface area contributed by atoms with Crippen LogP contribution in [-0.4, -0.2) is 47.4 Å². The lowest BCUT2D eigenvalue weighted by Crippen LogP contribution is -2.51. The van der Waals surface area contributed by atoms with Crippen molar-refractivity contribution in [2.24, 2.45) is 5.73 Å². The molecule has 1 amide bonds. The molecule has 2 unspecified atom stereocenters. The fourth-order valence-corrected chi connectivity index (χ4v) is 3.54. The number of benzene rings is 1. The summed E-state index contributed by atoms with van der Waals surface area (Å²) in [5, 5.41) is 0. The van der Waals surface area contributed by atoms with Gasteiger partial charge in [-0.3, -0.25) is 9.69 Å². The first-order chi connectivity index (χ1) is 10.6. The molecule has 1 aromatic carbocycles. The minimum Gasteiger partial charge on any atom is -0.340 e. The van der Waals surface area contributed by atoms with Crippen molar-refractivity contribution in [2.75, 3.05) is 19.6 Å². The fraction of sp³-hybridized carbons (Fsp3) is 0.588. The molecular weight excluding hydrogens is 281 g/mol. The van der Waals surface area contributed by atoms with Gasteiger partial charge in [0, 0.05) is 25.7 Å². The van der Waals surface area contributed by atoms with Gasteiger partial charge in [0.1, 0.15) is 5.82 Å². The van der Waals surface area contributed by atoms with Crippen LogP contribution >= 0.6 is 0 Å². The number of nitrogens with zero attached hydrogens (tertiary/aromatic N) is 2. The standard InChI is InChI=1S/C17H24FN3O/c18-14-7-5-13(6-8-14)11-20-9-2-4-16(20)17(22)21-10-1-3-15(19)12-21/h5-8,15-16H,1-4,9-12,19H2. The van der Waals surface area contributed by atoms with Crippen LogP contribution in [0.25, 0.3) is 0 Å². The number of likely N-dealkylation sites (tertiary alicyclic amines) is 2. The maximum atomic E-state index is 13.0. The predicted molar refractivity (Wildman–Crippen MR) is 83.6 cm³/mol. The van der Waals surface area contributed by atoms with Gasteiger partial charge < -0.3 is 10.6 Å². The van der Waals surface area contributed by atoms with Gasteiger partial charge in [0.05, 0.1) is 6.04 Å². The van der Waals surface area contributed by atoms with Crippen molar-refractivity contribution in [3.05, 3.63) is 35.6 Å². The van der Waals surface area contributed by atoms with Gasteiger partial charge in [-0.05, 0) is 49.9 Å². The Morgan fingerprint density at radius 3 is 2.64 bits per heavy atom. The number of hydrogen-bond acceptors (Lipinski definition) is 3. The minimum absolute atomic E-state index is 0.0460. The number of carbonyl (C=O) groups is 1. The molecular formula is C17H24FN3O. The molecule has 5 heteroatoms. The van der Waals surface area contributed by atoms with Gasteiger partial charge in [-0.15, -0.1) is 0 Å². The molecule has 2 heterocycles. The Hall–Kier alpha value is -1.46. The Morgan fingerprint density at radius 1 is 1.18 bits per heavy atom. The van der Waals surface area contributed by atoms with E-state index in [2.05, 4.69) is 4.90 Å². The van der Waals surface area contributed by atoms with Crippen molar-refractivity contribution in [3.8, 4) is 0 Å². The molecule has 120 valence electrons. The van der Waals surface area contributed by atoms with Crippen LogP contribution in [0.5, 0.6) is 0 Å². The molecule has 0 saturated carbocycles. The number of piperidine rings is 1. The van der Waals surface area contributed by atoms with Crippen molar-refractivity contribution < 1.29 is 9.18 Å². The van der Waals surface area contributed by atoms with E-state index in [1.54, 1.807) is 12.1 Å². The molecule has 2 aliphatic rings. The van der Waals surface area contributed by atoms with Crippen molar-refractivity contribution >= 4 is 5.91 Å². The van der Waals surface area contributed by atoms with Crippen LogP contribution in [0.1, 0.15) is 31.2 Å². The van der Waals surface area contributed by atoms with E-state index >= 15 is 0 Å². The lowest BCUT2D eigenvalue weighted by Gasteiger charge is -2.35. The molecule has 3 rings (SSSR count). The maximum absolute atomic E-state index is 13.0. The zero-order chi connectivity index (χ0) is 15.5. The first-order valence-electron chi connectivity index (χ1n) is 8.16. The number of halogens is 1. The van der Waals surface area contributed by atoms with E-state index < -0.39 is 0 Å². The second-order valence-electron chi connectivity index (χ2n) is 6.44. The largest absolute Gasteiger partial charge is 0.340 e. The molecule has 0 radical (unpaired) electrons. The monoisotopic (exact) mass is 305 g/mol. The van der Waals surface area contributed by atoms with Crippen LogP contribution in [-0.2, 0) is 11.3 Å². The summed E-state index contributed by atoms with van der Waals surface area (Å²) in [6.07, 6.45) is 3.95. The second-order valence-corrected chi connectivity index (χ2v) is 6.44. The van der Waals surface area contributed by atoms with Crippen LogP contribution in [0.4, 0.5) is 4.39 Å². The zero-order valence-electron chi connectivity index (χ0n) is 12.9. The van der Waals surface area contributed by atoms with E-state index in [1.807, 2.05) is 4.90 Å². The number of carbonyl (C=O) groups excluding carboxylic acids is 1. The number of nitrogens with two attached hydrogens (primary N) is 1. The van der Waals surface area contributed by atoms with Crippen LogP contribution in [0.15, 0.2) is 24.3 Å². The Kier molecular flexibility index (Phi) is 4.74. The summed E-state index contributed by atoms with van der Waals surface area (Å²) < 4.78 is 13.0. The first-order valence-corrected chi connectivity index (χ1v) is 8.16. The van der Waals surface area contributed by atoms with Gasteiger partial charge in [-0.2, -0.15) is 0 Å². The highest BCUT2D eigenvalue weighted by atomic mass is 19.1. The summed E-state index contributed by atoms with van der Waals surface area (Å²) in [5.41, 5.74) is 7.04. The van der Waals surface area contributed by atoms with Gasteiger partial charge >= 0.3 is 0 Å². The van der Waals surface area contributed by atoms with E-state index in [0.717, 1.165) is 44.3 Å². The van der Waals surface area contributed by atoms with Crippen LogP contribution in [0.3, 0.4) is 0 Å². The summed E-state index contributed by atoms with van der Waals surface area (Å²) in [7, 11) is 0. The van der Waals surface area contributed by atoms with Gasteiger partial charge in [0.25, 0.3) is 0 Å². The fourth-order valence-electron chi connectivity index (χ4n) is 3.54. The molecule has 2 saturated heterocycles. The molecule has 2 N–H and O–H groups in total. The minimum atomic E-state index is -0.222. The normalized spacial score (nSPS) is 26.4. The summed E-state index contributed by atoms with van der Waals surface area (Å²) in [4.78, 5) is 16.9. The SMILES string of the molecule is NC1CCCN(C(=O)C2CCCN2Cc2ccc(F)cc2)C1. The molecule has 2 aliphatic heterocycles. The molecule has 2 fully saturated rings. The summed E-state index contributed by atoms with van der Waals surface area (Å²) in [6, 6.07) is 6.62. The average molecular weight is 305 g/mol. The molecule has 0 aromatic heterocycles. The van der Waals surface area contributed by atoms with E-state index in [9.17, 15) is 9.18 Å². The van der Waals surface area contributed by atoms with Gasteiger partial charge in [0.15, 0.2) is 0 Å². The van der Waals surface area contributed by atoms with Crippen LogP contribution in [0, 0.1) is 5.82 Å². The zero-order valence-corrected chi connectivity index (χ0v) is 12.9. The van der Waals surface area contributed by atoms with Gasteiger partial charge in [-0.25, -0.2) is 4.39 Å². The number of hydrogen-bond donors (Lipinski definition) is 1. The molecule has 0 spiro atoms. The third kappa shape index (κ3) is 3.47. The highest BCUT2D eigenvalue weighted by Crippen LogP contribution is 2.23. The Bertz CT molecular complexity index is 519. The summed E-state index contributed by atoms with van der Waals surface area (Å²) in [5.74, 6) is -0.00476. The quantitative estimate of drug-likeness (QED) is 0.925.